The van der Waals surface area contributed by atoms with Gasteiger partial charge in [-0.15, -0.1) is 0 Å². The van der Waals surface area contributed by atoms with E-state index >= 15 is 0 Å². The molecular weight excluding hydrogens is 621 g/mol. The molecule has 0 heterocycles. The summed E-state index contributed by atoms with van der Waals surface area (Å²) in [5, 5.41) is 16.2. The molecule has 6 radical (unpaired) electrons. The van der Waals surface area contributed by atoms with Gasteiger partial charge in [-0.25, -0.2) is 0 Å². The maximum atomic E-state index is 12.7. The van der Waals surface area contributed by atoms with E-state index in [-0.39, 0.29) is 75.0 Å². The molecule has 0 aromatic rings. The minimum absolute atomic E-state index is 0.0730. The van der Waals surface area contributed by atoms with Crippen molar-refractivity contribution in [2.45, 2.75) is 91.0 Å². The monoisotopic (exact) mass is 670 g/mol. The molecule has 0 aliphatic carbocycles. The molecule has 0 bridgehead atoms. The zero-order chi connectivity index (χ0) is 36.5. The molecule has 48 heavy (non-hydrogen) atoms. The van der Waals surface area contributed by atoms with E-state index < -0.39 is 42.0 Å². The molecule has 7 N–H and O–H groups in total. The number of nitrogens with one attached hydrogen (secondary N) is 7. The fourth-order valence-electron chi connectivity index (χ4n) is 4.14. The van der Waals surface area contributed by atoms with Gasteiger partial charge in [-0.1, -0.05) is 27.2 Å². The third-order valence-corrected chi connectivity index (χ3v) is 6.90. The molecule has 0 aromatic heterocycles. The number of carbonyl (C=O) groups is 8. The van der Waals surface area contributed by atoms with Gasteiger partial charge in [0.2, 0.25) is 65.3 Å². The molecule has 7 amide bonds. The summed E-state index contributed by atoms with van der Waals surface area (Å²) in [6, 6.07) is -1.24. The Hall–Kier alpha value is -3.89. The summed E-state index contributed by atoms with van der Waals surface area (Å²) in [6.07, 6.45) is 3.50. The van der Waals surface area contributed by atoms with Crippen LogP contribution in [0.4, 0.5) is 0 Å². The standard InChI is InChI=1S/C29H49B3N8O8/c1-29(2,3)21(41)10-5-4-7-13-33-25(45)17-40(18-26(46)34-14-8-6-11-23(43)37-30)19-27(47)35-15-9-12-22(42)36-20(28(48)39-32)16-24(44)38-31/h20H,4-19H2,1-3H3,(H,33,45)(H,34,46)(H,35,47)(H,36,42)(H,37,43)(H,38,44)(H,39,48)/t20-/m0/s1. The second-order valence-corrected chi connectivity index (χ2v) is 12.2. The predicted octanol–water partition coefficient (Wildman–Crippen LogP) is -2.76. The van der Waals surface area contributed by atoms with Gasteiger partial charge in [0.1, 0.15) is 11.8 Å². The van der Waals surface area contributed by atoms with Crippen molar-refractivity contribution in [2.24, 2.45) is 5.41 Å². The Labute approximate surface area is 286 Å². The van der Waals surface area contributed by atoms with Crippen molar-refractivity contribution in [3.8, 4) is 0 Å². The Morgan fingerprint density at radius 2 is 1.00 bits per heavy atom. The number of nitrogens with zero attached hydrogens (tertiary/aromatic N) is 1. The maximum Gasteiger partial charge on any atom is 0.234 e. The molecule has 0 saturated carbocycles. The fourth-order valence-corrected chi connectivity index (χ4v) is 4.14. The Morgan fingerprint density at radius 3 is 1.48 bits per heavy atom. The minimum atomic E-state index is -1.24. The van der Waals surface area contributed by atoms with Gasteiger partial charge < -0.3 is 37.0 Å². The smallest absolute Gasteiger partial charge is 0.234 e. The first-order valence-corrected chi connectivity index (χ1v) is 16.0. The van der Waals surface area contributed by atoms with Crippen LogP contribution < -0.4 is 37.0 Å². The van der Waals surface area contributed by atoms with Crippen LogP contribution in [-0.4, -0.2) is 121 Å². The largest absolute Gasteiger partial charge is 0.409 e. The average molecular weight is 670 g/mol. The van der Waals surface area contributed by atoms with E-state index in [1.54, 1.807) is 0 Å². The molecule has 0 aliphatic heterocycles. The molecule has 19 heteroatoms. The van der Waals surface area contributed by atoms with E-state index in [0.717, 1.165) is 6.42 Å². The number of amides is 7. The number of hydrogen-bond donors (Lipinski definition) is 7. The molecule has 262 valence electrons. The fraction of sp³-hybridized carbons (Fsp3) is 0.724. The van der Waals surface area contributed by atoms with Gasteiger partial charge in [-0.2, -0.15) is 0 Å². The van der Waals surface area contributed by atoms with Gasteiger partial charge >= 0.3 is 0 Å². The van der Waals surface area contributed by atoms with Crippen LogP contribution in [-0.2, 0) is 38.4 Å². The Balaban J connectivity index is 4.87. The van der Waals surface area contributed by atoms with Crippen molar-refractivity contribution < 1.29 is 38.4 Å². The Morgan fingerprint density at radius 1 is 0.542 bits per heavy atom. The second-order valence-electron chi connectivity index (χ2n) is 12.2. The summed E-state index contributed by atoms with van der Waals surface area (Å²) in [6.45, 7) is 5.59. The van der Waals surface area contributed by atoms with Crippen molar-refractivity contribution in [1.29, 1.82) is 0 Å². The number of unbranched alkanes of at least 4 members (excludes halogenated alkanes) is 3. The molecule has 0 fully saturated rings. The van der Waals surface area contributed by atoms with E-state index in [1.807, 2.05) is 36.5 Å². The third-order valence-electron chi connectivity index (χ3n) is 6.90. The number of rotatable bonds is 25. The van der Waals surface area contributed by atoms with Gasteiger partial charge in [0.15, 0.2) is 0 Å². The number of carbonyl (C=O) groups excluding carboxylic acids is 8. The van der Waals surface area contributed by atoms with Crippen LogP contribution in [0.3, 0.4) is 0 Å². The summed E-state index contributed by atoms with van der Waals surface area (Å²) >= 11 is 0. The molecule has 0 spiro atoms. The lowest BCUT2D eigenvalue weighted by atomic mass is 9.88. The van der Waals surface area contributed by atoms with Crippen molar-refractivity contribution >= 4 is 71.1 Å². The second kappa shape index (κ2) is 25.2. The Kier molecular flexibility index (Phi) is 23.1. The summed E-state index contributed by atoms with van der Waals surface area (Å²) in [7, 11) is 15.2. The third kappa shape index (κ3) is 22.6. The number of hydrogen-bond acceptors (Lipinski definition) is 9. The highest BCUT2D eigenvalue weighted by Gasteiger charge is 2.23. The maximum absolute atomic E-state index is 12.7. The number of Topliss-reactive ketones (excluding diaryl/α,β-unsaturated/α-hetero) is 1. The van der Waals surface area contributed by atoms with Crippen LogP contribution in [0.2, 0.25) is 0 Å². The topological polar surface area (TPSA) is 224 Å². The van der Waals surface area contributed by atoms with E-state index in [1.165, 1.54) is 4.90 Å². The van der Waals surface area contributed by atoms with Crippen molar-refractivity contribution in [3.05, 3.63) is 0 Å². The highest BCUT2D eigenvalue weighted by Crippen LogP contribution is 2.18. The predicted molar refractivity (Wildman–Crippen MR) is 180 cm³/mol. The first-order valence-electron chi connectivity index (χ1n) is 16.0. The zero-order valence-corrected chi connectivity index (χ0v) is 28.3. The molecule has 0 aliphatic rings. The molecule has 0 unspecified atom stereocenters. The van der Waals surface area contributed by atoms with Crippen LogP contribution in [0.15, 0.2) is 0 Å². The van der Waals surface area contributed by atoms with Crippen molar-refractivity contribution in [3.63, 3.8) is 0 Å². The minimum Gasteiger partial charge on any atom is -0.409 e. The van der Waals surface area contributed by atoms with E-state index in [2.05, 4.69) is 21.3 Å². The lowest BCUT2D eigenvalue weighted by Gasteiger charge is -2.21. The lowest BCUT2D eigenvalue weighted by molar-refractivity contribution is -0.130. The molecule has 0 saturated heterocycles. The molecule has 16 nitrogen and oxygen atoms in total. The van der Waals surface area contributed by atoms with Crippen LogP contribution in [0.25, 0.3) is 0 Å². The molecule has 0 aromatic carbocycles. The van der Waals surface area contributed by atoms with Gasteiger partial charge in [0, 0.05) is 44.3 Å². The normalized spacial score (nSPS) is 11.5. The van der Waals surface area contributed by atoms with Crippen molar-refractivity contribution in [1.82, 2.24) is 41.9 Å². The quantitative estimate of drug-likeness (QED) is 0.0394. The first kappa shape index (κ1) is 44.1. The number of ketones is 1. The SMILES string of the molecule is [B]NC(=O)CCCCNC(=O)CN(CC(=O)NCCCCCC(=O)C(C)(C)C)CC(=O)NCCCC(=O)N[C@@H](CC(=O)N[B])C(=O)N[B]. The van der Waals surface area contributed by atoms with E-state index in [0.29, 0.717) is 38.6 Å². The van der Waals surface area contributed by atoms with Gasteiger partial charge in [0.05, 0.1) is 26.1 Å². The average Bonchev–Trinajstić information content (AvgIpc) is 3.02. The van der Waals surface area contributed by atoms with Crippen LogP contribution in [0.5, 0.6) is 0 Å². The van der Waals surface area contributed by atoms with E-state index in [4.69, 9.17) is 23.9 Å². The van der Waals surface area contributed by atoms with Gasteiger partial charge in [-0.05, 0) is 32.1 Å². The summed E-state index contributed by atoms with van der Waals surface area (Å²) in [5.74, 6) is -3.48. The van der Waals surface area contributed by atoms with E-state index in [9.17, 15) is 38.4 Å². The Bertz CT molecular complexity index is 1090. The molecule has 0 rings (SSSR count). The highest BCUT2D eigenvalue weighted by atomic mass is 16.2. The molecular formula is C29H49B3N8O8. The lowest BCUT2D eigenvalue weighted by Crippen LogP contribution is -2.48. The van der Waals surface area contributed by atoms with Crippen LogP contribution in [0, 0.1) is 5.41 Å². The summed E-state index contributed by atoms with van der Waals surface area (Å²) in [4.78, 5) is 98.1. The van der Waals surface area contributed by atoms with Crippen molar-refractivity contribution in [2.75, 3.05) is 39.3 Å². The summed E-state index contributed by atoms with van der Waals surface area (Å²) < 4.78 is 0. The summed E-state index contributed by atoms with van der Waals surface area (Å²) in [5.41, 5.74) is -0.384. The van der Waals surface area contributed by atoms with Gasteiger partial charge in [0.25, 0.3) is 0 Å². The van der Waals surface area contributed by atoms with Gasteiger partial charge in [-0.3, -0.25) is 43.3 Å². The van der Waals surface area contributed by atoms with Crippen LogP contribution >= 0.6 is 0 Å². The van der Waals surface area contributed by atoms with Crippen LogP contribution in [0.1, 0.15) is 85.0 Å². The molecule has 1 atom stereocenters. The first-order chi connectivity index (χ1) is 22.6. The zero-order valence-electron chi connectivity index (χ0n) is 28.3. The highest BCUT2D eigenvalue weighted by molar-refractivity contribution is 6.17.